The van der Waals surface area contributed by atoms with Gasteiger partial charge < -0.3 is 9.32 Å². The number of hydrogen-bond donors (Lipinski definition) is 0. The van der Waals surface area contributed by atoms with Gasteiger partial charge in [0.2, 0.25) is 5.65 Å². The van der Waals surface area contributed by atoms with Gasteiger partial charge >= 0.3 is 0 Å². The lowest BCUT2D eigenvalue weighted by Crippen LogP contribution is -2.33. The SMILES string of the molecule is C=CCn1c(-c2cc(C)oc2C)cn2cc(C(=O)N3CCCC3C)nc2c1=O. The van der Waals surface area contributed by atoms with E-state index >= 15 is 0 Å². The summed E-state index contributed by atoms with van der Waals surface area (Å²) in [7, 11) is 0. The Morgan fingerprint density at radius 3 is 2.79 bits per heavy atom. The van der Waals surface area contributed by atoms with Gasteiger partial charge in [-0.2, -0.15) is 0 Å². The second-order valence-electron chi connectivity index (χ2n) is 7.39. The van der Waals surface area contributed by atoms with E-state index in [9.17, 15) is 9.59 Å². The van der Waals surface area contributed by atoms with Crippen LogP contribution in [0.1, 0.15) is 41.8 Å². The van der Waals surface area contributed by atoms with Crippen LogP contribution >= 0.6 is 0 Å². The molecule has 3 aromatic heterocycles. The van der Waals surface area contributed by atoms with Crippen LogP contribution < -0.4 is 5.56 Å². The average molecular weight is 380 g/mol. The largest absolute Gasteiger partial charge is 0.466 e. The van der Waals surface area contributed by atoms with Crippen molar-refractivity contribution < 1.29 is 9.21 Å². The van der Waals surface area contributed by atoms with E-state index in [1.54, 1.807) is 21.2 Å². The highest BCUT2D eigenvalue weighted by molar-refractivity contribution is 5.93. The summed E-state index contributed by atoms with van der Waals surface area (Å²) in [5, 5.41) is 0. The Labute approximate surface area is 162 Å². The second kappa shape index (κ2) is 6.82. The molecular weight excluding hydrogens is 356 g/mol. The fourth-order valence-corrected chi connectivity index (χ4v) is 3.98. The number of aromatic nitrogens is 3. The number of aryl methyl sites for hydroxylation is 2. The zero-order chi connectivity index (χ0) is 20.0. The van der Waals surface area contributed by atoms with Gasteiger partial charge in [0.1, 0.15) is 17.2 Å². The molecule has 7 nitrogen and oxygen atoms in total. The predicted octanol–water partition coefficient (Wildman–Crippen LogP) is 3.18. The van der Waals surface area contributed by atoms with E-state index in [0.29, 0.717) is 17.9 Å². The summed E-state index contributed by atoms with van der Waals surface area (Å²) in [6.45, 7) is 10.6. The van der Waals surface area contributed by atoms with Crippen molar-refractivity contribution in [1.29, 1.82) is 0 Å². The van der Waals surface area contributed by atoms with E-state index in [1.165, 1.54) is 0 Å². The molecule has 4 rings (SSSR count). The number of likely N-dealkylation sites (tertiary alicyclic amines) is 1. The third-order valence-electron chi connectivity index (χ3n) is 5.38. The quantitative estimate of drug-likeness (QED) is 0.652. The minimum atomic E-state index is -0.260. The maximum absolute atomic E-state index is 13.1. The highest BCUT2D eigenvalue weighted by atomic mass is 16.3. The number of allylic oxidation sites excluding steroid dienone is 1. The molecule has 4 heterocycles. The van der Waals surface area contributed by atoms with Crippen LogP contribution in [0.15, 0.2) is 40.3 Å². The zero-order valence-corrected chi connectivity index (χ0v) is 16.4. The lowest BCUT2D eigenvalue weighted by Gasteiger charge is -2.19. The molecule has 1 unspecified atom stereocenters. The summed E-state index contributed by atoms with van der Waals surface area (Å²) in [6.07, 6.45) is 7.14. The third kappa shape index (κ3) is 2.87. The van der Waals surface area contributed by atoms with Gasteiger partial charge in [-0.3, -0.25) is 18.6 Å². The van der Waals surface area contributed by atoms with E-state index in [0.717, 1.165) is 36.5 Å². The topological polar surface area (TPSA) is 72.8 Å². The van der Waals surface area contributed by atoms with Gasteiger partial charge in [-0.25, -0.2) is 4.98 Å². The van der Waals surface area contributed by atoms with Crippen LogP contribution in [0, 0.1) is 13.8 Å². The molecule has 1 atom stereocenters. The summed E-state index contributed by atoms with van der Waals surface area (Å²) in [6, 6.07) is 2.10. The smallest absolute Gasteiger partial charge is 0.295 e. The molecule has 3 aromatic rings. The number of carbonyl (C=O) groups is 1. The number of rotatable bonds is 4. The summed E-state index contributed by atoms with van der Waals surface area (Å²) in [5.74, 6) is 1.38. The highest BCUT2D eigenvalue weighted by Gasteiger charge is 2.28. The van der Waals surface area contributed by atoms with Crippen LogP contribution in [0.3, 0.4) is 0 Å². The van der Waals surface area contributed by atoms with Crippen molar-refractivity contribution in [2.75, 3.05) is 6.54 Å². The fourth-order valence-electron chi connectivity index (χ4n) is 3.98. The van der Waals surface area contributed by atoms with Gasteiger partial charge in [-0.05, 0) is 39.7 Å². The summed E-state index contributed by atoms with van der Waals surface area (Å²) in [5.41, 5.74) is 1.82. The molecule has 1 amide bonds. The zero-order valence-electron chi connectivity index (χ0n) is 16.4. The molecule has 1 aliphatic rings. The molecule has 0 bridgehead atoms. The first-order valence-electron chi connectivity index (χ1n) is 9.52. The van der Waals surface area contributed by atoms with Crippen LogP contribution in [0.5, 0.6) is 0 Å². The molecule has 0 spiro atoms. The lowest BCUT2D eigenvalue weighted by molar-refractivity contribution is 0.0742. The van der Waals surface area contributed by atoms with Crippen LogP contribution in [-0.4, -0.2) is 37.3 Å². The molecule has 0 radical (unpaired) electrons. The molecule has 1 fully saturated rings. The van der Waals surface area contributed by atoms with Gasteiger partial charge in [0, 0.05) is 37.1 Å². The number of furan rings is 1. The van der Waals surface area contributed by atoms with Crippen LogP contribution in [0.25, 0.3) is 16.9 Å². The van der Waals surface area contributed by atoms with Crippen molar-refractivity contribution in [2.24, 2.45) is 0 Å². The Balaban J connectivity index is 1.88. The van der Waals surface area contributed by atoms with Gasteiger partial charge in [0.05, 0.1) is 5.69 Å². The molecule has 146 valence electrons. The van der Waals surface area contributed by atoms with Crippen molar-refractivity contribution in [3.63, 3.8) is 0 Å². The lowest BCUT2D eigenvalue weighted by atomic mass is 10.2. The van der Waals surface area contributed by atoms with Gasteiger partial charge in [-0.1, -0.05) is 6.08 Å². The van der Waals surface area contributed by atoms with Crippen molar-refractivity contribution in [3.05, 3.63) is 58.7 Å². The minimum absolute atomic E-state index is 0.125. The second-order valence-corrected chi connectivity index (χ2v) is 7.39. The maximum atomic E-state index is 13.1. The molecule has 7 heteroatoms. The number of carbonyl (C=O) groups excluding carboxylic acids is 1. The first kappa shape index (κ1) is 18.3. The van der Waals surface area contributed by atoms with Crippen molar-refractivity contribution in [1.82, 2.24) is 18.9 Å². The summed E-state index contributed by atoms with van der Waals surface area (Å²) in [4.78, 5) is 32.2. The van der Waals surface area contributed by atoms with Crippen LogP contribution in [0.4, 0.5) is 0 Å². The van der Waals surface area contributed by atoms with Crippen molar-refractivity contribution in [3.8, 4) is 11.3 Å². The predicted molar refractivity (Wildman–Crippen MR) is 107 cm³/mol. The Bertz CT molecular complexity index is 1130. The Kier molecular flexibility index (Phi) is 4.45. The standard InChI is InChI=1S/C21H24N4O3/c1-5-8-25-18(16-10-14(3)28-15(16)4)12-23-11-17(22-19(23)21(25)27)20(26)24-9-6-7-13(24)2/h5,10-13H,1,6-9H2,2-4H3. The van der Waals surface area contributed by atoms with E-state index in [-0.39, 0.29) is 23.2 Å². The van der Waals surface area contributed by atoms with E-state index in [1.807, 2.05) is 37.9 Å². The Hall–Kier alpha value is -3.09. The van der Waals surface area contributed by atoms with Crippen LogP contribution in [0.2, 0.25) is 0 Å². The fraction of sp³-hybridized carbons (Fsp3) is 0.381. The van der Waals surface area contributed by atoms with E-state index in [2.05, 4.69) is 11.6 Å². The number of fused-ring (bicyclic) bond motifs is 1. The van der Waals surface area contributed by atoms with E-state index in [4.69, 9.17) is 4.42 Å². The molecule has 28 heavy (non-hydrogen) atoms. The van der Waals surface area contributed by atoms with E-state index < -0.39 is 0 Å². The molecule has 0 N–H and O–H groups in total. The Morgan fingerprint density at radius 1 is 1.39 bits per heavy atom. The first-order valence-corrected chi connectivity index (χ1v) is 9.52. The number of imidazole rings is 1. The number of nitrogens with zero attached hydrogens (tertiary/aromatic N) is 4. The average Bonchev–Trinajstić information content (AvgIpc) is 3.35. The molecule has 1 saturated heterocycles. The normalized spacial score (nSPS) is 16.8. The third-order valence-corrected chi connectivity index (χ3v) is 5.38. The number of amides is 1. The molecule has 0 saturated carbocycles. The minimum Gasteiger partial charge on any atom is -0.466 e. The van der Waals surface area contributed by atoms with Gasteiger partial charge in [0.15, 0.2) is 0 Å². The summed E-state index contributed by atoms with van der Waals surface area (Å²) < 4.78 is 8.91. The van der Waals surface area contributed by atoms with Gasteiger partial charge in [-0.15, -0.1) is 6.58 Å². The maximum Gasteiger partial charge on any atom is 0.295 e. The first-order chi connectivity index (χ1) is 13.4. The number of hydrogen-bond acceptors (Lipinski definition) is 4. The summed E-state index contributed by atoms with van der Waals surface area (Å²) >= 11 is 0. The molecule has 0 aliphatic carbocycles. The Morgan fingerprint density at radius 2 is 2.18 bits per heavy atom. The molecular formula is C21H24N4O3. The van der Waals surface area contributed by atoms with Gasteiger partial charge in [0.25, 0.3) is 11.5 Å². The highest BCUT2D eigenvalue weighted by Crippen LogP contribution is 2.26. The van der Waals surface area contributed by atoms with Crippen LogP contribution in [-0.2, 0) is 6.54 Å². The molecule has 0 aromatic carbocycles. The molecule has 1 aliphatic heterocycles. The van der Waals surface area contributed by atoms with Crippen molar-refractivity contribution >= 4 is 11.6 Å². The van der Waals surface area contributed by atoms with Crippen molar-refractivity contribution in [2.45, 2.75) is 46.2 Å². The monoisotopic (exact) mass is 380 g/mol.